The molecule has 0 aliphatic rings. The minimum Gasteiger partial charge on any atom is -0.409 e. The van der Waals surface area contributed by atoms with Crippen molar-refractivity contribution in [3.63, 3.8) is 0 Å². The fourth-order valence-electron chi connectivity index (χ4n) is 1.16. The SMILES string of the molecule is CC(O)C(C)Sc1ccc(Br)cc1/C(N)=N/O. The molecule has 0 aliphatic heterocycles. The molecule has 1 aromatic carbocycles. The van der Waals surface area contributed by atoms with Crippen LogP contribution in [0.1, 0.15) is 19.4 Å². The predicted molar refractivity (Wildman–Crippen MR) is 73.7 cm³/mol. The fraction of sp³-hybridized carbons (Fsp3) is 0.364. The zero-order chi connectivity index (χ0) is 13.0. The number of aliphatic hydroxyl groups is 1. The number of nitrogens with two attached hydrogens (primary N) is 1. The molecule has 2 atom stereocenters. The van der Waals surface area contributed by atoms with Gasteiger partial charge in [-0.1, -0.05) is 28.0 Å². The van der Waals surface area contributed by atoms with Crippen LogP contribution < -0.4 is 5.73 Å². The number of hydrogen-bond acceptors (Lipinski definition) is 4. The van der Waals surface area contributed by atoms with Gasteiger partial charge in [0.15, 0.2) is 5.84 Å². The third kappa shape index (κ3) is 3.90. The lowest BCUT2D eigenvalue weighted by atomic mass is 10.2. The van der Waals surface area contributed by atoms with Crippen molar-refractivity contribution >= 4 is 33.5 Å². The van der Waals surface area contributed by atoms with Crippen molar-refractivity contribution < 1.29 is 10.3 Å². The molecular weight excluding hydrogens is 304 g/mol. The third-order valence-corrected chi connectivity index (χ3v) is 4.19. The molecule has 94 valence electrons. The van der Waals surface area contributed by atoms with Crippen LogP contribution in [0.25, 0.3) is 0 Å². The summed E-state index contributed by atoms with van der Waals surface area (Å²) in [5.41, 5.74) is 6.27. The lowest BCUT2D eigenvalue weighted by molar-refractivity contribution is 0.196. The number of rotatable bonds is 4. The van der Waals surface area contributed by atoms with Crippen LogP contribution in [0.5, 0.6) is 0 Å². The Kier molecular flexibility index (Phi) is 5.30. The lowest BCUT2D eigenvalue weighted by Crippen LogP contribution is -2.18. The molecule has 0 spiro atoms. The summed E-state index contributed by atoms with van der Waals surface area (Å²) in [6.07, 6.45) is -0.427. The molecule has 0 aromatic heterocycles. The largest absolute Gasteiger partial charge is 0.409 e. The number of nitrogens with zero attached hydrogens (tertiary/aromatic N) is 1. The summed E-state index contributed by atoms with van der Waals surface area (Å²) in [5, 5.41) is 21.3. The summed E-state index contributed by atoms with van der Waals surface area (Å²) in [7, 11) is 0. The van der Waals surface area contributed by atoms with Crippen LogP contribution in [0.4, 0.5) is 0 Å². The molecule has 1 aromatic rings. The second kappa shape index (κ2) is 6.28. The summed E-state index contributed by atoms with van der Waals surface area (Å²) < 4.78 is 0.855. The van der Waals surface area contributed by atoms with E-state index in [4.69, 9.17) is 10.9 Å². The monoisotopic (exact) mass is 318 g/mol. The van der Waals surface area contributed by atoms with Gasteiger partial charge in [0, 0.05) is 20.2 Å². The van der Waals surface area contributed by atoms with Crippen LogP contribution in [0, 0.1) is 0 Å². The quantitative estimate of drug-likeness (QED) is 0.262. The maximum atomic E-state index is 9.48. The first-order chi connectivity index (χ1) is 7.95. The average molecular weight is 319 g/mol. The second-order valence-electron chi connectivity index (χ2n) is 3.69. The van der Waals surface area contributed by atoms with Gasteiger partial charge in [0.1, 0.15) is 0 Å². The summed E-state index contributed by atoms with van der Waals surface area (Å²) in [6.45, 7) is 3.66. The Balaban J connectivity index is 3.07. The Morgan fingerprint density at radius 3 is 2.65 bits per heavy atom. The number of hydrogen-bond donors (Lipinski definition) is 3. The standard InChI is InChI=1S/C11H15BrN2O2S/c1-6(15)7(2)17-10-4-3-8(12)5-9(10)11(13)14-16/h3-7,15-16H,1-2H3,(H2,13,14). The number of amidine groups is 1. The Bertz CT molecular complexity index is 424. The van der Waals surface area contributed by atoms with Crippen molar-refractivity contribution in [1.82, 2.24) is 0 Å². The Morgan fingerprint density at radius 1 is 1.47 bits per heavy atom. The van der Waals surface area contributed by atoms with Gasteiger partial charge in [0.05, 0.1) is 6.10 Å². The topological polar surface area (TPSA) is 78.8 Å². The minimum atomic E-state index is -0.427. The molecule has 1 rings (SSSR count). The van der Waals surface area contributed by atoms with Gasteiger partial charge in [0.2, 0.25) is 0 Å². The molecule has 4 nitrogen and oxygen atoms in total. The summed E-state index contributed by atoms with van der Waals surface area (Å²) >= 11 is 4.83. The van der Waals surface area contributed by atoms with Crippen molar-refractivity contribution in [2.45, 2.75) is 30.1 Å². The molecule has 0 bridgehead atoms. The van der Waals surface area contributed by atoms with E-state index in [0.29, 0.717) is 5.56 Å². The molecule has 0 aliphatic carbocycles. The number of aliphatic hydroxyl groups excluding tert-OH is 1. The maximum Gasteiger partial charge on any atom is 0.171 e. The van der Waals surface area contributed by atoms with Crippen molar-refractivity contribution in [2.75, 3.05) is 0 Å². The van der Waals surface area contributed by atoms with E-state index in [1.54, 1.807) is 13.0 Å². The first kappa shape index (κ1) is 14.3. The predicted octanol–water partition coefficient (Wildman–Crippen LogP) is 2.40. The van der Waals surface area contributed by atoms with Crippen LogP contribution in [0.3, 0.4) is 0 Å². The fourth-order valence-corrected chi connectivity index (χ4v) is 2.55. The van der Waals surface area contributed by atoms with E-state index in [0.717, 1.165) is 9.37 Å². The van der Waals surface area contributed by atoms with Crippen LogP contribution in [0.2, 0.25) is 0 Å². The summed E-state index contributed by atoms with van der Waals surface area (Å²) in [4.78, 5) is 0.872. The van der Waals surface area contributed by atoms with E-state index in [1.807, 2.05) is 19.1 Å². The molecule has 0 heterocycles. The van der Waals surface area contributed by atoms with E-state index in [1.165, 1.54) is 11.8 Å². The number of thioether (sulfide) groups is 1. The highest BCUT2D eigenvalue weighted by molar-refractivity contribution is 9.10. The van der Waals surface area contributed by atoms with Gasteiger partial charge >= 0.3 is 0 Å². The summed E-state index contributed by atoms with van der Waals surface area (Å²) in [6, 6.07) is 5.54. The van der Waals surface area contributed by atoms with Gasteiger partial charge < -0.3 is 16.0 Å². The Hall–Kier alpha value is -0.720. The van der Waals surface area contributed by atoms with E-state index in [-0.39, 0.29) is 11.1 Å². The van der Waals surface area contributed by atoms with Gasteiger partial charge in [-0.25, -0.2) is 0 Å². The number of oxime groups is 1. The third-order valence-electron chi connectivity index (χ3n) is 2.32. The molecule has 0 amide bonds. The highest BCUT2D eigenvalue weighted by Crippen LogP contribution is 2.30. The summed E-state index contributed by atoms with van der Waals surface area (Å²) in [5.74, 6) is 0.0617. The van der Waals surface area contributed by atoms with E-state index in [2.05, 4.69) is 21.1 Å². The average Bonchev–Trinajstić information content (AvgIpc) is 2.30. The van der Waals surface area contributed by atoms with Crippen molar-refractivity contribution in [2.24, 2.45) is 10.9 Å². The van der Waals surface area contributed by atoms with Gasteiger partial charge in [0.25, 0.3) is 0 Å². The molecule has 2 unspecified atom stereocenters. The molecule has 0 radical (unpaired) electrons. The maximum absolute atomic E-state index is 9.48. The van der Waals surface area contributed by atoms with Crippen LogP contribution in [-0.2, 0) is 0 Å². The van der Waals surface area contributed by atoms with Crippen LogP contribution in [0.15, 0.2) is 32.7 Å². The van der Waals surface area contributed by atoms with Crippen molar-refractivity contribution in [1.29, 1.82) is 0 Å². The van der Waals surface area contributed by atoms with Gasteiger partial charge in [-0.3, -0.25) is 0 Å². The van der Waals surface area contributed by atoms with Crippen LogP contribution in [-0.4, -0.2) is 27.5 Å². The van der Waals surface area contributed by atoms with Crippen molar-refractivity contribution in [3.05, 3.63) is 28.2 Å². The number of benzene rings is 1. The highest BCUT2D eigenvalue weighted by Gasteiger charge is 2.15. The van der Waals surface area contributed by atoms with E-state index < -0.39 is 6.10 Å². The molecule has 6 heteroatoms. The van der Waals surface area contributed by atoms with E-state index in [9.17, 15) is 5.11 Å². The molecule has 0 fully saturated rings. The van der Waals surface area contributed by atoms with Crippen LogP contribution >= 0.6 is 27.7 Å². The van der Waals surface area contributed by atoms with Gasteiger partial charge in [-0.05, 0) is 25.1 Å². The van der Waals surface area contributed by atoms with Crippen molar-refractivity contribution in [3.8, 4) is 0 Å². The first-order valence-electron chi connectivity index (χ1n) is 5.08. The smallest absolute Gasteiger partial charge is 0.171 e. The zero-order valence-corrected chi connectivity index (χ0v) is 12.0. The minimum absolute atomic E-state index is 0.0291. The first-order valence-corrected chi connectivity index (χ1v) is 6.75. The lowest BCUT2D eigenvalue weighted by Gasteiger charge is -2.16. The zero-order valence-electron chi connectivity index (χ0n) is 9.59. The van der Waals surface area contributed by atoms with E-state index >= 15 is 0 Å². The second-order valence-corrected chi connectivity index (χ2v) is 6.02. The molecule has 0 saturated carbocycles. The molecule has 4 N–H and O–H groups in total. The van der Waals surface area contributed by atoms with Gasteiger partial charge in [-0.2, -0.15) is 0 Å². The molecule has 17 heavy (non-hydrogen) atoms. The number of halogens is 1. The van der Waals surface area contributed by atoms with Gasteiger partial charge in [-0.15, -0.1) is 11.8 Å². The molecule has 0 saturated heterocycles. The Labute approximate surface area is 113 Å². The highest BCUT2D eigenvalue weighted by atomic mass is 79.9. The molecular formula is C11H15BrN2O2S. The normalized spacial score (nSPS) is 15.6. The Morgan fingerprint density at radius 2 is 2.12 bits per heavy atom.